The molecule has 0 saturated carbocycles. The van der Waals surface area contributed by atoms with Gasteiger partial charge >= 0.3 is 0 Å². The molecule has 0 aliphatic carbocycles. The number of nitrogens with zero attached hydrogens (tertiary/aromatic N) is 1. The van der Waals surface area contributed by atoms with Gasteiger partial charge in [0.25, 0.3) is 0 Å². The van der Waals surface area contributed by atoms with E-state index >= 15 is 0 Å². The van der Waals surface area contributed by atoms with E-state index in [9.17, 15) is 14.0 Å². The van der Waals surface area contributed by atoms with Crippen LogP contribution in [0.4, 0.5) is 4.39 Å². The topological polar surface area (TPSA) is 49.4 Å². The summed E-state index contributed by atoms with van der Waals surface area (Å²) in [6.45, 7) is 4.30. The second kappa shape index (κ2) is 5.61. The molecule has 0 bridgehead atoms. The van der Waals surface area contributed by atoms with Gasteiger partial charge in [0.1, 0.15) is 11.4 Å². The lowest BCUT2D eigenvalue weighted by molar-refractivity contribution is -0.137. The van der Waals surface area contributed by atoms with E-state index in [1.807, 2.05) is 6.07 Å². The predicted molar refractivity (Wildman–Crippen MR) is 73.5 cm³/mol. The maximum Gasteiger partial charge on any atom is 0.247 e. The van der Waals surface area contributed by atoms with Crippen LogP contribution in [0.15, 0.2) is 24.3 Å². The molecular formula is C15H19FN2O2. The Morgan fingerprint density at radius 2 is 2.10 bits per heavy atom. The summed E-state index contributed by atoms with van der Waals surface area (Å²) in [6, 6.07) is 6.35. The van der Waals surface area contributed by atoms with Gasteiger partial charge in [0.15, 0.2) is 0 Å². The van der Waals surface area contributed by atoms with E-state index < -0.39 is 5.54 Å². The molecule has 1 saturated heterocycles. The molecule has 1 aliphatic rings. The van der Waals surface area contributed by atoms with Crippen LogP contribution in [-0.4, -0.2) is 35.3 Å². The fraction of sp³-hybridized carbons (Fsp3) is 0.467. The Kier molecular flexibility index (Phi) is 4.06. The maximum absolute atomic E-state index is 13.1. The smallest absolute Gasteiger partial charge is 0.247 e. The minimum absolute atomic E-state index is 0.0975. The van der Waals surface area contributed by atoms with Crippen LogP contribution in [-0.2, 0) is 16.0 Å². The second-order valence-electron chi connectivity index (χ2n) is 5.60. The molecule has 1 fully saturated rings. The molecular weight excluding hydrogens is 259 g/mol. The third-order valence-electron chi connectivity index (χ3n) is 3.44. The van der Waals surface area contributed by atoms with Crippen LogP contribution in [0.3, 0.4) is 0 Å². The van der Waals surface area contributed by atoms with Crippen molar-refractivity contribution in [3.63, 3.8) is 0 Å². The molecule has 1 aromatic carbocycles. The van der Waals surface area contributed by atoms with Crippen LogP contribution in [0, 0.1) is 5.82 Å². The van der Waals surface area contributed by atoms with Gasteiger partial charge in [-0.2, -0.15) is 0 Å². The Labute approximate surface area is 118 Å². The lowest BCUT2D eigenvalue weighted by atomic mass is 10.0. The summed E-state index contributed by atoms with van der Waals surface area (Å²) >= 11 is 0. The fourth-order valence-electron chi connectivity index (χ4n) is 2.37. The monoisotopic (exact) mass is 278 g/mol. The zero-order chi connectivity index (χ0) is 14.8. The average Bonchev–Trinajstić information content (AvgIpc) is 2.46. The predicted octanol–water partition coefficient (Wildman–Crippen LogP) is 1.50. The van der Waals surface area contributed by atoms with Crippen molar-refractivity contribution in [1.29, 1.82) is 0 Å². The summed E-state index contributed by atoms with van der Waals surface area (Å²) in [4.78, 5) is 25.6. The first-order chi connectivity index (χ1) is 9.38. The molecule has 0 spiro atoms. The first kappa shape index (κ1) is 14.5. The van der Waals surface area contributed by atoms with Crippen molar-refractivity contribution >= 4 is 11.8 Å². The first-order valence-corrected chi connectivity index (χ1v) is 6.73. The summed E-state index contributed by atoms with van der Waals surface area (Å²) in [7, 11) is 0. The fourth-order valence-corrected chi connectivity index (χ4v) is 2.37. The first-order valence-electron chi connectivity index (χ1n) is 6.73. The van der Waals surface area contributed by atoms with Gasteiger partial charge in [-0.15, -0.1) is 0 Å². The zero-order valence-corrected chi connectivity index (χ0v) is 11.8. The molecule has 5 heteroatoms. The summed E-state index contributed by atoms with van der Waals surface area (Å²) in [5, 5.41) is 2.72. The maximum atomic E-state index is 13.1. The Bertz CT molecular complexity index is 528. The number of carbonyl (C=O) groups excluding carboxylic acids is 2. The van der Waals surface area contributed by atoms with Gasteiger partial charge in [0, 0.05) is 19.5 Å². The molecule has 1 aromatic rings. The number of halogens is 1. The number of amides is 2. The van der Waals surface area contributed by atoms with Crippen molar-refractivity contribution in [3.8, 4) is 0 Å². The average molecular weight is 278 g/mol. The molecule has 0 radical (unpaired) electrons. The normalized spacial score (nSPS) is 18.6. The Balaban J connectivity index is 2.04. The van der Waals surface area contributed by atoms with Gasteiger partial charge in [0.05, 0.1) is 0 Å². The molecule has 1 aliphatic heterocycles. The van der Waals surface area contributed by atoms with E-state index in [1.54, 1.807) is 24.8 Å². The summed E-state index contributed by atoms with van der Waals surface area (Å²) in [6.07, 6.45) is 0.881. The van der Waals surface area contributed by atoms with Crippen LogP contribution < -0.4 is 5.32 Å². The molecule has 4 nitrogen and oxygen atoms in total. The molecule has 1 N–H and O–H groups in total. The minimum Gasteiger partial charge on any atom is -0.342 e. The zero-order valence-electron chi connectivity index (χ0n) is 11.8. The van der Waals surface area contributed by atoms with E-state index in [-0.39, 0.29) is 17.6 Å². The minimum atomic E-state index is -0.879. The molecule has 0 unspecified atom stereocenters. The highest BCUT2D eigenvalue weighted by Gasteiger charge is 2.36. The van der Waals surface area contributed by atoms with E-state index in [4.69, 9.17) is 0 Å². The SMILES string of the molecule is CC1(C)NC(=O)CCN(CCc2cccc(F)c2)C1=O. The Morgan fingerprint density at radius 1 is 1.35 bits per heavy atom. The van der Waals surface area contributed by atoms with Crippen LogP contribution in [0.5, 0.6) is 0 Å². The number of rotatable bonds is 3. The number of carbonyl (C=O) groups is 2. The third kappa shape index (κ3) is 3.35. The summed E-state index contributed by atoms with van der Waals surface area (Å²) in [5.74, 6) is -0.488. The highest BCUT2D eigenvalue weighted by atomic mass is 19.1. The highest BCUT2D eigenvalue weighted by molar-refractivity contribution is 5.92. The van der Waals surface area contributed by atoms with E-state index in [1.165, 1.54) is 12.1 Å². The van der Waals surface area contributed by atoms with Crippen LogP contribution in [0.1, 0.15) is 25.8 Å². The molecule has 0 atom stereocenters. The summed E-state index contributed by atoms with van der Waals surface area (Å²) < 4.78 is 13.1. The number of hydrogen-bond donors (Lipinski definition) is 1. The van der Waals surface area contributed by atoms with Gasteiger partial charge < -0.3 is 10.2 Å². The molecule has 1 heterocycles. The Hall–Kier alpha value is -1.91. The molecule has 2 rings (SSSR count). The standard InChI is InChI=1S/C15H19FN2O2/c1-15(2)14(20)18(9-7-13(19)17-15)8-6-11-4-3-5-12(16)10-11/h3-5,10H,6-9H2,1-2H3,(H,17,19). The Morgan fingerprint density at radius 3 is 2.80 bits per heavy atom. The molecule has 20 heavy (non-hydrogen) atoms. The van der Waals surface area contributed by atoms with Gasteiger partial charge in [-0.1, -0.05) is 12.1 Å². The van der Waals surface area contributed by atoms with Crippen LogP contribution >= 0.6 is 0 Å². The molecule has 0 aromatic heterocycles. The number of nitrogens with one attached hydrogen (secondary N) is 1. The van der Waals surface area contributed by atoms with Crippen LogP contribution in [0.25, 0.3) is 0 Å². The van der Waals surface area contributed by atoms with Crippen molar-refractivity contribution in [1.82, 2.24) is 10.2 Å². The van der Waals surface area contributed by atoms with E-state index in [2.05, 4.69) is 5.32 Å². The third-order valence-corrected chi connectivity index (χ3v) is 3.44. The quantitative estimate of drug-likeness (QED) is 0.911. The largest absolute Gasteiger partial charge is 0.342 e. The summed E-state index contributed by atoms with van der Waals surface area (Å²) in [5.41, 5.74) is -0.0330. The lowest BCUT2D eigenvalue weighted by Gasteiger charge is -2.28. The molecule has 2 amide bonds. The molecule has 108 valence electrons. The lowest BCUT2D eigenvalue weighted by Crippen LogP contribution is -2.53. The highest BCUT2D eigenvalue weighted by Crippen LogP contribution is 2.14. The van der Waals surface area contributed by atoms with Gasteiger partial charge in [0.2, 0.25) is 11.8 Å². The second-order valence-corrected chi connectivity index (χ2v) is 5.60. The van der Waals surface area contributed by atoms with Gasteiger partial charge in [-0.05, 0) is 38.0 Å². The van der Waals surface area contributed by atoms with Crippen molar-refractivity contribution in [2.24, 2.45) is 0 Å². The number of hydrogen-bond acceptors (Lipinski definition) is 2. The van der Waals surface area contributed by atoms with Crippen molar-refractivity contribution in [2.75, 3.05) is 13.1 Å². The van der Waals surface area contributed by atoms with Crippen molar-refractivity contribution in [2.45, 2.75) is 32.2 Å². The van der Waals surface area contributed by atoms with Crippen LogP contribution in [0.2, 0.25) is 0 Å². The van der Waals surface area contributed by atoms with Gasteiger partial charge in [-0.25, -0.2) is 4.39 Å². The van der Waals surface area contributed by atoms with Gasteiger partial charge in [-0.3, -0.25) is 9.59 Å². The number of benzene rings is 1. The van der Waals surface area contributed by atoms with Crippen molar-refractivity contribution < 1.29 is 14.0 Å². The van der Waals surface area contributed by atoms with Crippen molar-refractivity contribution in [3.05, 3.63) is 35.6 Å². The van der Waals surface area contributed by atoms with E-state index in [0.717, 1.165) is 5.56 Å². The van der Waals surface area contributed by atoms with E-state index in [0.29, 0.717) is 25.9 Å².